The number of nitrogens with one attached hydrogen (secondary N) is 1. The van der Waals surface area contributed by atoms with Gasteiger partial charge in [-0.3, -0.25) is 4.79 Å². The zero-order valence-electron chi connectivity index (χ0n) is 11.8. The number of methoxy groups -OCH3 is 1. The number of fused-ring (bicyclic) bond motifs is 1. The van der Waals surface area contributed by atoms with Crippen molar-refractivity contribution in [1.82, 2.24) is 4.98 Å². The van der Waals surface area contributed by atoms with Crippen molar-refractivity contribution in [1.29, 1.82) is 0 Å². The molecule has 5 heteroatoms. The van der Waals surface area contributed by atoms with Gasteiger partial charge in [-0.05, 0) is 23.3 Å². The summed E-state index contributed by atoms with van der Waals surface area (Å²) in [6.45, 7) is 0. The van der Waals surface area contributed by atoms with Gasteiger partial charge in [0.15, 0.2) is 5.43 Å². The van der Waals surface area contributed by atoms with Crippen molar-refractivity contribution in [2.24, 2.45) is 0 Å². The second-order valence-corrected chi connectivity index (χ2v) is 4.79. The molecule has 2 N–H and O–H groups in total. The number of aromatic amines is 1. The van der Waals surface area contributed by atoms with Gasteiger partial charge in [0.05, 0.1) is 18.0 Å². The van der Waals surface area contributed by atoms with Crippen LogP contribution in [-0.2, 0) is 4.74 Å². The molecular formula is C17H13NO4. The number of carbonyl (C=O) groups is 1. The average molecular weight is 295 g/mol. The zero-order valence-corrected chi connectivity index (χ0v) is 11.8. The maximum atomic E-state index is 12.4. The highest BCUT2D eigenvalue weighted by Gasteiger charge is 2.15. The summed E-state index contributed by atoms with van der Waals surface area (Å²) >= 11 is 0. The second kappa shape index (κ2) is 5.37. The molecular weight excluding hydrogens is 282 g/mol. The van der Waals surface area contributed by atoms with E-state index < -0.39 is 5.97 Å². The van der Waals surface area contributed by atoms with Crippen LogP contribution in [0.4, 0.5) is 0 Å². The highest BCUT2D eigenvalue weighted by molar-refractivity contribution is 6.00. The monoisotopic (exact) mass is 295 g/mol. The maximum Gasteiger partial charge on any atom is 0.354 e. The Bertz CT molecular complexity index is 913. The number of esters is 1. The van der Waals surface area contributed by atoms with Gasteiger partial charge in [-0.1, -0.05) is 30.3 Å². The molecule has 0 aliphatic heterocycles. The van der Waals surface area contributed by atoms with Gasteiger partial charge in [0.2, 0.25) is 0 Å². The van der Waals surface area contributed by atoms with Crippen molar-refractivity contribution in [2.45, 2.75) is 0 Å². The largest absolute Gasteiger partial charge is 0.506 e. The first-order valence-electron chi connectivity index (χ1n) is 6.64. The lowest BCUT2D eigenvalue weighted by Gasteiger charge is -2.09. The Kier molecular flexibility index (Phi) is 3.39. The van der Waals surface area contributed by atoms with E-state index in [2.05, 4.69) is 9.72 Å². The maximum absolute atomic E-state index is 12.4. The molecule has 1 heterocycles. The van der Waals surface area contributed by atoms with E-state index >= 15 is 0 Å². The number of benzene rings is 2. The van der Waals surface area contributed by atoms with E-state index in [1.54, 1.807) is 6.07 Å². The SMILES string of the molecule is COC(=O)c1cc(=O)c2c(-c3ccccc3)ccc(O)c2[nH]1. The number of hydrogen-bond acceptors (Lipinski definition) is 4. The highest BCUT2D eigenvalue weighted by atomic mass is 16.5. The lowest BCUT2D eigenvalue weighted by atomic mass is 9.99. The molecule has 0 unspecified atom stereocenters. The molecule has 0 saturated carbocycles. The number of aromatic nitrogens is 1. The lowest BCUT2D eigenvalue weighted by molar-refractivity contribution is 0.0594. The number of phenolic OH excluding ortho intramolecular Hbond substituents is 1. The summed E-state index contributed by atoms with van der Waals surface area (Å²) in [6.07, 6.45) is 0. The summed E-state index contributed by atoms with van der Waals surface area (Å²) in [5.41, 5.74) is 1.40. The number of phenols is 1. The van der Waals surface area contributed by atoms with Crippen LogP contribution in [0.1, 0.15) is 10.5 Å². The Morgan fingerprint density at radius 1 is 1.14 bits per heavy atom. The molecule has 0 fully saturated rings. The van der Waals surface area contributed by atoms with Gasteiger partial charge in [-0.15, -0.1) is 0 Å². The van der Waals surface area contributed by atoms with Crippen LogP contribution in [0.5, 0.6) is 5.75 Å². The number of ether oxygens (including phenoxy) is 1. The zero-order chi connectivity index (χ0) is 15.7. The predicted molar refractivity (Wildman–Crippen MR) is 83.0 cm³/mol. The third-order valence-corrected chi connectivity index (χ3v) is 3.45. The van der Waals surface area contributed by atoms with E-state index in [1.165, 1.54) is 19.2 Å². The first-order valence-corrected chi connectivity index (χ1v) is 6.64. The molecule has 3 rings (SSSR count). The summed E-state index contributed by atoms with van der Waals surface area (Å²) in [7, 11) is 1.23. The van der Waals surface area contributed by atoms with Gasteiger partial charge in [-0.25, -0.2) is 4.79 Å². The quantitative estimate of drug-likeness (QED) is 0.712. The topological polar surface area (TPSA) is 79.4 Å². The third kappa shape index (κ3) is 2.22. The molecule has 0 amide bonds. The van der Waals surface area contributed by atoms with Crippen molar-refractivity contribution >= 4 is 16.9 Å². The summed E-state index contributed by atoms with van der Waals surface area (Å²) < 4.78 is 4.60. The molecule has 0 spiro atoms. The Balaban J connectivity index is 2.37. The minimum absolute atomic E-state index is 0.000474. The molecule has 0 atom stereocenters. The van der Waals surface area contributed by atoms with E-state index in [-0.39, 0.29) is 22.4 Å². The average Bonchev–Trinajstić information content (AvgIpc) is 2.55. The van der Waals surface area contributed by atoms with Crippen molar-refractivity contribution in [3.05, 3.63) is 64.4 Å². The van der Waals surface area contributed by atoms with Gasteiger partial charge in [0.25, 0.3) is 0 Å². The summed E-state index contributed by atoms with van der Waals surface area (Å²) in [5.74, 6) is -0.763. The Labute approximate surface area is 125 Å². The Morgan fingerprint density at radius 2 is 1.86 bits per heavy atom. The van der Waals surface area contributed by atoms with Crippen LogP contribution in [0, 0.1) is 0 Å². The predicted octanol–water partition coefficient (Wildman–Crippen LogP) is 2.69. The number of carbonyl (C=O) groups excluding carboxylic acids is 1. The minimum Gasteiger partial charge on any atom is -0.506 e. The smallest absolute Gasteiger partial charge is 0.354 e. The lowest BCUT2D eigenvalue weighted by Crippen LogP contribution is -2.12. The number of aromatic hydroxyl groups is 1. The molecule has 22 heavy (non-hydrogen) atoms. The second-order valence-electron chi connectivity index (χ2n) is 4.79. The van der Waals surface area contributed by atoms with E-state index in [4.69, 9.17) is 0 Å². The molecule has 0 saturated heterocycles. The van der Waals surface area contributed by atoms with Crippen LogP contribution in [0.3, 0.4) is 0 Å². The molecule has 2 aromatic carbocycles. The van der Waals surface area contributed by atoms with Gasteiger partial charge in [0.1, 0.15) is 11.4 Å². The normalized spacial score (nSPS) is 10.6. The van der Waals surface area contributed by atoms with Crippen LogP contribution >= 0.6 is 0 Å². The molecule has 110 valence electrons. The number of hydrogen-bond donors (Lipinski definition) is 2. The van der Waals surface area contributed by atoms with Crippen molar-refractivity contribution < 1.29 is 14.6 Å². The van der Waals surface area contributed by atoms with Crippen molar-refractivity contribution in [2.75, 3.05) is 7.11 Å². The van der Waals surface area contributed by atoms with Crippen LogP contribution < -0.4 is 5.43 Å². The summed E-state index contributed by atoms with van der Waals surface area (Å²) in [6, 6.07) is 13.7. The van der Waals surface area contributed by atoms with E-state index in [9.17, 15) is 14.7 Å². The van der Waals surface area contributed by atoms with Crippen LogP contribution in [0.15, 0.2) is 53.3 Å². The van der Waals surface area contributed by atoms with Crippen LogP contribution in [-0.4, -0.2) is 23.2 Å². The summed E-state index contributed by atoms with van der Waals surface area (Å²) in [4.78, 5) is 26.8. The number of rotatable bonds is 2. The van der Waals surface area contributed by atoms with Crippen molar-refractivity contribution in [3.8, 4) is 16.9 Å². The fourth-order valence-electron chi connectivity index (χ4n) is 2.43. The molecule has 5 nitrogen and oxygen atoms in total. The third-order valence-electron chi connectivity index (χ3n) is 3.45. The fourth-order valence-corrected chi connectivity index (χ4v) is 2.43. The minimum atomic E-state index is -0.663. The first-order chi connectivity index (χ1) is 10.6. The van der Waals surface area contributed by atoms with Gasteiger partial charge < -0.3 is 14.8 Å². The first kappa shape index (κ1) is 13.9. The van der Waals surface area contributed by atoms with Gasteiger partial charge in [-0.2, -0.15) is 0 Å². The van der Waals surface area contributed by atoms with Crippen LogP contribution in [0.25, 0.3) is 22.0 Å². The molecule has 1 aromatic heterocycles. The number of pyridine rings is 1. The highest BCUT2D eigenvalue weighted by Crippen LogP contribution is 2.30. The molecule has 0 aliphatic rings. The Hall–Kier alpha value is -3.08. The molecule has 0 radical (unpaired) electrons. The van der Waals surface area contributed by atoms with Gasteiger partial charge >= 0.3 is 5.97 Å². The van der Waals surface area contributed by atoms with Crippen molar-refractivity contribution in [3.63, 3.8) is 0 Å². The molecule has 3 aromatic rings. The summed E-state index contributed by atoms with van der Waals surface area (Å²) in [5, 5.41) is 10.4. The van der Waals surface area contributed by atoms with Crippen LogP contribution in [0.2, 0.25) is 0 Å². The Morgan fingerprint density at radius 3 is 2.55 bits per heavy atom. The fraction of sp³-hybridized carbons (Fsp3) is 0.0588. The van der Waals surface area contributed by atoms with Gasteiger partial charge in [0, 0.05) is 6.07 Å². The molecule has 0 bridgehead atoms. The number of H-pyrrole nitrogens is 1. The molecule has 0 aliphatic carbocycles. The van der Waals surface area contributed by atoms with E-state index in [1.807, 2.05) is 30.3 Å². The van der Waals surface area contributed by atoms with E-state index in [0.29, 0.717) is 10.9 Å². The standard InChI is InChI=1S/C17H13NO4/c1-22-17(21)12-9-14(20)15-11(10-5-3-2-4-6-10)7-8-13(19)16(15)18-12/h2-9,19H,1H3,(H,18,20). The van der Waals surface area contributed by atoms with E-state index in [0.717, 1.165) is 5.56 Å².